The first-order chi connectivity index (χ1) is 10.7. The maximum atomic E-state index is 2.59. The van der Waals surface area contributed by atoms with Crippen molar-refractivity contribution in [2.24, 2.45) is 5.92 Å². The molecule has 1 heterocycles. The second-order valence-electron chi connectivity index (χ2n) is 7.26. The van der Waals surface area contributed by atoms with E-state index in [0.717, 1.165) is 0 Å². The summed E-state index contributed by atoms with van der Waals surface area (Å²) in [4.78, 5) is 5.17. The molecule has 0 N–H and O–H groups in total. The van der Waals surface area contributed by atoms with Gasteiger partial charge in [-0.15, -0.1) is 0 Å². The Morgan fingerprint density at radius 3 is 1.45 bits per heavy atom. The number of unbranched alkanes of at least 4 members (excludes halogenated alkanes) is 8. The first-order valence-electron chi connectivity index (χ1n) is 9.90. The summed E-state index contributed by atoms with van der Waals surface area (Å²) in [7, 11) is 0. The van der Waals surface area contributed by atoms with E-state index in [-0.39, 0.29) is 0 Å². The summed E-state index contributed by atoms with van der Waals surface area (Å²) < 4.78 is 0. The molecule has 0 aromatic rings. The van der Waals surface area contributed by atoms with Gasteiger partial charge in [-0.25, -0.2) is 0 Å². The SMILES string of the molecule is CCCCCCCN1C=CN(CCCCCCC)C1C(C)C. The van der Waals surface area contributed by atoms with Gasteiger partial charge >= 0.3 is 0 Å². The third kappa shape index (κ3) is 7.07. The Kier molecular flexibility index (Phi) is 10.4. The van der Waals surface area contributed by atoms with Crippen molar-refractivity contribution in [3.05, 3.63) is 12.4 Å². The molecule has 2 heteroatoms. The third-order valence-corrected chi connectivity index (χ3v) is 4.77. The van der Waals surface area contributed by atoms with Gasteiger partial charge in [-0.1, -0.05) is 79.1 Å². The van der Waals surface area contributed by atoms with Crippen LogP contribution in [0.4, 0.5) is 0 Å². The van der Waals surface area contributed by atoms with Crippen molar-refractivity contribution < 1.29 is 0 Å². The van der Waals surface area contributed by atoms with E-state index in [9.17, 15) is 0 Å². The monoisotopic (exact) mass is 308 g/mol. The molecule has 2 nitrogen and oxygen atoms in total. The Bertz CT molecular complexity index is 261. The minimum absolute atomic E-state index is 0.595. The molecule has 1 rings (SSSR count). The van der Waals surface area contributed by atoms with Crippen molar-refractivity contribution in [1.82, 2.24) is 9.80 Å². The van der Waals surface area contributed by atoms with Crippen LogP contribution in [0.5, 0.6) is 0 Å². The number of nitrogens with zero attached hydrogens (tertiary/aromatic N) is 2. The first-order valence-corrected chi connectivity index (χ1v) is 9.90. The molecule has 0 radical (unpaired) electrons. The van der Waals surface area contributed by atoms with Crippen LogP contribution in [0, 0.1) is 5.92 Å². The lowest BCUT2D eigenvalue weighted by atomic mass is 10.1. The molecule has 22 heavy (non-hydrogen) atoms. The van der Waals surface area contributed by atoms with Gasteiger partial charge in [0.25, 0.3) is 0 Å². The van der Waals surface area contributed by atoms with E-state index in [1.54, 1.807) is 0 Å². The molecular formula is C20H40N2. The minimum atomic E-state index is 0.595. The highest BCUT2D eigenvalue weighted by Crippen LogP contribution is 2.24. The number of rotatable bonds is 13. The van der Waals surface area contributed by atoms with Crippen LogP contribution >= 0.6 is 0 Å². The highest BCUT2D eigenvalue weighted by molar-refractivity contribution is 4.98. The van der Waals surface area contributed by atoms with Crippen molar-refractivity contribution >= 4 is 0 Å². The Labute approximate surface area is 139 Å². The summed E-state index contributed by atoms with van der Waals surface area (Å²) in [6, 6.07) is 0. The van der Waals surface area contributed by atoms with Gasteiger partial charge in [-0.05, 0) is 18.8 Å². The quantitative estimate of drug-likeness (QED) is 0.385. The fraction of sp³-hybridized carbons (Fsp3) is 0.900. The maximum Gasteiger partial charge on any atom is 0.103 e. The molecule has 130 valence electrons. The third-order valence-electron chi connectivity index (χ3n) is 4.77. The molecule has 0 saturated carbocycles. The molecule has 1 aliphatic heterocycles. The van der Waals surface area contributed by atoms with Crippen LogP contribution in [0.2, 0.25) is 0 Å². The maximum absolute atomic E-state index is 2.59. The summed E-state index contributed by atoms with van der Waals surface area (Å²) >= 11 is 0. The van der Waals surface area contributed by atoms with Gasteiger partial charge < -0.3 is 9.80 Å². The van der Waals surface area contributed by atoms with Crippen LogP contribution < -0.4 is 0 Å². The Hall–Kier alpha value is -0.660. The predicted molar refractivity (Wildman–Crippen MR) is 98.7 cm³/mol. The summed E-state index contributed by atoms with van der Waals surface area (Å²) in [6.45, 7) is 11.8. The van der Waals surface area contributed by atoms with Crippen molar-refractivity contribution in [2.75, 3.05) is 13.1 Å². The van der Waals surface area contributed by atoms with Crippen LogP contribution in [0.15, 0.2) is 12.4 Å². The molecule has 0 amide bonds. The molecule has 0 aliphatic carbocycles. The molecule has 0 atom stereocenters. The fourth-order valence-electron chi connectivity index (χ4n) is 3.51. The lowest BCUT2D eigenvalue weighted by Gasteiger charge is -2.36. The van der Waals surface area contributed by atoms with Crippen molar-refractivity contribution in [1.29, 1.82) is 0 Å². The molecule has 0 aromatic heterocycles. The normalized spacial score (nSPS) is 15.5. The Morgan fingerprint density at radius 2 is 1.09 bits per heavy atom. The van der Waals surface area contributed by atoms with Gasteiger partial charge in [0.1, 0.15) is 6.17 Å². The van der Waals surface area contributed by atoms with E-state index in [1.807, 2.05) is 0 Å². The molecule has 0 aromatic carbocycles. The predicted octanol–water partition coefficient (Wildman–Crippen LogP) is 6.00. The molecular weight excluding hydrogens is 268 g/mol. The number of hydrogen-bond donors (Lipinski definition) is 0. The van der Waals surface area contributed by atoms with Crippen molar-refractivity contribution in [3.63, 3.8) is 0 Å². The van der Waals surface area contributed by atoms with E-state index < -0.39 is 0 Å². The highest BCUT2D eigenvalue weighted by atomic mass is 15.4. The highest BCUT2D eigenvalue weighted by Gasteiger charge is 2.27. The number of hydrogen-bond acceptors (Lipinski definition) is 2. The zero-order chi connectivity index (χ0) is 16.2. The minimum Gasteiger partial charge on any atom is -0.356 e. The Morgan fingerprint density at radius 1 is 0.682 bits per heavy atom. The largest absolute Gasteiger partial charge is 0.356 e. The Balaban J connectivity index is 2.28. The summed E-state index contributed by atoms with van der Waals surface area (Å²) in [6.07, 6.45) is 19.0. The first kappa shape index (κ1) is 19.4. The molecule has 1 aliphatic rings. The standard InChI is InChI=1S/C20H40N2/c1-5-7-9-11-13-15-21-17-18-22(20(21)19(3)4)16-14-12-10-8-6-2/h17-20H,5-16H2,1-4H3. The van der Waals surface area contributed by atoms with Gasteiger partial charge in [0.05, 0.1) is 0 Å². The average Bonchev–Trinajstić information content (AvgIpc) is 2.90. The van der Waals surface area contributed by atoms with Crippen molar-refractivity contribution in [2.45, 2.75) is 98.1 Å². The molecule has 0 bridgehead atoms. The zero-order valence-corrected chi connectivity index (χ0v) is 15.7. The lowest BCUT2D eigenvalue weighted by Crippen LogP contribution is -2.43. The van der Waals surface area contributed by atoms with E-state index in [1.165, 1.54) is 77.3 Å². The second-order valence-corrected chi connectivity index (χ2v) is 7.26. The lowest BCUT2D eigenvalue weighted by molar-refractivity contribution is 0.104. The zero-order valence-electron chi connectivity index (χ0n) is 15.7. The van der Waals surface area contributed by atoms with Crippen LogP contribution in [0.1, 0.15) is 91.9 Å². The fourth-order valence-corrected chi connectivity index (χ4v) is 3.51. The molecule has 0 saturated heterocycles. The molecule has 0 unspecified atom stereocenters. The topological polar surface area (TPSA) is 6.48 Å². The van der Waals surface area contributed by atoms with Gasteiger partial charge in [-0.2, -0.15) is 0 Å². The summed E-state index contributed by atoms with van der Waals surface area (Å²) in [5, 5.41) is 0. The van der Waals surface area contributed by atoms with Crippen molar-refractivity contribution in [3.8, 4) is 0 Å². The molecule has 0 fully saturated rings. The van der Waals surface area contributed by atoms with E-state index in [4.69, 9.17) is 0 Å². The van der Waals surface area contributed by atoms with Gasteiger partial charge in [0, 0.05) is 25.5 Å². The van der Waals surface area contributed by atoms with Crippen LogP contribution in [-0.2, 0) is 0 Å². The van der Waals surface area contributed by atoms with Gasteiger partial charge in [-0.3, -0.25) is 0 Å². The van der Waals surface area contributed by atoms with E-state index >= 15 is 0 Å². The smallest absolute Gasteiger partial charge is 0.103 e. The van der Waals surface area contributed by atoms with E-state index in [0.29, 0.717) is 12.1 Å². The van der Waals surface area contributed by atoms with Crippen LogP contribution in [0.3, 0.4) is 0 Å². The second kappa shape index (κ2) is 11.8. The summed E-state index contributed by atoms with van der Waals surface area (Å²) in [5.74, 6) is 0.696. The summed E-state index contributed by atoms with van der Waals surface area (Å²) in [5.41, 5.74) is 0. The molecule has 0 spiro atoms. The average molecular weight is 309 g/mol. The van der Waals surface area contributed by atoms with Gasteiger partial charge in [0.2, 0.25) is 0 Å². The van der Waals surface area contributed by atoms with Crippen LogP contribution in [0.25, 0.3) is 0 Å². The van der Waals surface area contributed by atoms with Gasteiger partial charge in [0.15, 0.2) is 0 Å². The van der Waals surface area contributed by atoms with E-state index in [2.05, 4.69) is 49.9 Å². The van der Waals surface area contributed by atoms with Crippen LogP contribution in [-0.4, -0.2) is 29.1 Å².